The fourth-order valence-corrected chi connectivity index (χ4v) is 4.82. The molecule has 5 nitrogen and oxygen atoms in total. The molecule has 0 amide bonds. The second-order valence-corrected chi connectivity index (χ2v) is 8.32. The van der Waals surface area contributed by atoms with Crippen molar-refractivity contribution in [2.24, 2.45) is 11.3 Å². The topological polar surface area (TPSA) is 99.1 Å². The first-order chi connectivity index (χ1) is 11.9. The van der Waals surface area contributed by atoms with Gasteiger partial charge in [0.1, 0.15) is 0 Å². The predicted octanol–water partition coefficient (Wildman–Crippen LogP) is 3.46. The monoisotopic (exact) mass is 355 g/mol. The van der Waals surface area contributed by atoms with Gasteiger partial charge in [-0.2, -0.15) is 5.26 Å². The van der Waals surface area contributed by atoms with Crippen molar-refractivity contribution in [1.82, 2.24) is 5.43 Å². The molecule has 1 aliphatic rings. The highest BCUT2D eigenvalue weighted by Gasteiger charge is 2.33. The fraction of sp³-hybridized carbons (Fsp3) is 0.368. The maximum atomic E-state index is 12.1. The summed E-state index contributed by atoms with van der Waals surface area (Å²) in [5.74, 6) is 4.58. The number of carboxylic acids is 1. The smallest absolute Gasteiger partial charge is 0.337 e. The largest absolute Gasteiger partial charge is 0.478 e. The zero-order valence-corrected chi connectivity index (χ0v) is 15.2. The Bertz CT molecular complexity index is 878. The van der Waals surface area contributed by atoms with Crippen molar-refractivity contribution in [3.05, 3.63) is 45.3 Å². The van der Waals surface area contributed by atoms with E-state index in [1.54, 1.807) is 23.5 Å². The molecule has 0 unspecified atom stereocenters. The molecule has 130 valence electrons. The molecule has 0 aliphatic heterocycles. The molecule has 0 fully saturated rings. The highest BCUT2D eigenvalue weighted by Crippen LogP contribution is 2.45. The number of rotatable bonds is 4. The summed E-state index contributed by atoms with van der Waals surface area (Å²) in [6.07, 6.45) is 2.72. The Morgan fingerprint density at radius 2 is 2.24 bits per heavy atom. The average Bonchev–Trinajstić information content (AvgIpc) is 2.92. The highest BCUT2D eigenvalue weighted by molar-refractivity contribution is 7.16. The average molecular weight is 355 g/mol. The van der Waals surface area contributed by atoms with Gasteiger partial charge in [0, 0.05) is 16.3 Å². The van der Waals surface area contributed by atoms with Gasteiger partial charge in [0.25, 0.3) is 0 Å². The molecule has 3 rings (SSSR count). The minimum absolute atomic E-state index is 0.103. The van der Waals surface area contributed by atoms with Crippen LogP contribution in [-0.2, 0) is 19.4 Å². The van der Waals surface area contributed by atoms with Crippen LogP contribution in [0.5, 0.6) is 0 Å². The zero-order valence-electron chi connectivity index (χ0n) is 14.3. The van der Waals surface area contributed by atoms with Crippen molar-refractivity contribution < 1.29 is 9.90 Å². The van der Waals surface area contributed by atoms with E-state index in [2.05, 4.69) is 25.3 Å². The number of thiophene rings is 1. The summed E-state index contributed by atoms with van der Waals surface area (Å²) in [5, 5.41) is 19.1. The van der Waals surface area contributed by atoms with E-state index in [4.69, 9.17) is 5.84 Å². The minimum atomic E-state index is -0.904. The number of nitrogens with two attached hydrogens (primary N) is 1. The first-order valence-corrected chi connectivity index (χ1v) is 9.02. The van der Waals surface area contributed by atoms with Crippen LogP contribution >= 0.6 is 11.3 Å². The Morgan fingerprint density at radius 3 is 2.88 bits per heavy atom. The molecule has 0 radical (unpaired) electrons. The maximum Gasteiger partial charge on any atom is 0.337 e. The van der Waals surface area contributed by atoms with Crippen molar-refractivity contribution in [3.63, 3.8) is 0 Å². The van der Waals surface area contributed by atoms with E-state index >= 15 is 0 Å². The van der Waals surface area contributed by atoms with Crippen LogP contribution in [0, 0.1) is 16.7 Å². The summed E-state index contributed by atoms with van der Waals surface area (Å²) in [6.45, 7) is 4.77. The third kappa shape index (κ3) is 3.31. The van der Waals surface area contributed by atoms with Gasteiger partial charge in [-0.3, -0.25) is 11.3 Å². The van der Waals surface area contributed by atoms with Gasteiger partial charge in [0.05, 0.1) is 17.2 Å². The number of nitriles is 1. The molecule has 4 N–H and O–H groups in total. The van der Waals surface area contributed by atoms with Gasteiger partial charge in [0.15, 0.2) is 0 Å². The quantitative estimate of drug-likeness (QED) is 0.576. The zero-order chi connectivity index (χ0) is 18.2. The van der Waals surface area contributed by atoms with Crippen molar-refractivity contribution >= 4 is 17.3 Å². The number of benzene rings is 1. The fourth-order valence-electron chi connectivity index (χ4n) is 3.46. The van der Waals surface area contributed by atoms with Gasteiger partial charge < -0.3 is 5.11 Å². The number of hydrogen-bond acceptors (Lipinski definition) is 5. The lowest BCUT2D eigenvalue weighted by atomic mass is 9.76. The van der Waals surface area contributed by atoms with Gasteiger partial charge in [-0.15, -0.1) is 11.3 Å². The lowest BCUT2D eigenvalue weighted by Gasteiger charge is -2.29. The van der Waals surface area contributed by atoms with Crippen LogP contribution in [0.4, 0.5) is 0 Å². The third-order valence-electron chi connectivity index (χ3n) is 4.76. The van der Waals surface area contributed by atoms with Gasteiger partial charge >= 0.3 is 5.97 Å². The maximum absolute atomic E-state index is 12.1. The SMILES string of the molecule is CC1(C)CCc2sc(-c3cc(C#N)ccc3CNN)c(C(=O)O)c2C1. The summed E-state index contributed by atoms with van der Waals surface area (Å²) in [5.41, 5.74) is 6.27. The number of aromatic carboxylic acids is 1. The lowest BCUT2D eigenvalue weighted by Crippen LogP contribution is -2.22. The second-order valence-electron chi connectivity index (χ2n) is 7.22. The molecule has 1 aromatic carbocycles. The number of carboxylic acid groups (broad SMARTS) is 1. The second kappa shape index (κ2) is 6.60. The van der Waals surface area contributed by atoms with Crippen molar-refractivity contribution in [1.29, 1.82) is 5.26 Å². The summed E-state index contributed by atoms with van der Waals surface area (Å²) in [6, 6.07) is 7.47. The van der Waals surface area contributed by atoms with Crippen LogP contribution in [-0.4, -0.2) is 11.1 Å². The molecule has 0 saturated carbocycles. The van der Waals surface area contributed by atoms with Crippen LogP contribution in [0.25, 0.3) is 10.4 Å². The van der Waals surface area contributed by atoms with E-state index in [1.165, 1.54) is 0 Å². The van der Waals surface area contributed by atoms with Gasteiger partial charge in [-0.05, 0) is 53.5 Å². The molecule has 6 heteroatoms. The molecule has 1 aliphatic carbocycles. The Balaban J connectivity index is 2.24. The molecule has 1 aromatic heterocycles. The standard InChI is InChI=1S/C19H21N3O2S/c1-19(2)6-5-15-14(8-19)16(18(23)24)17(25-15)13-7-11(9-20)3-4-12(13)10-22-21/h3-4,7,22H,5-6,8,10,21H2,1-2H3,(H,23,24). The summed E-state index contributed by atoms with van der Waals surface area (Å²) < 4.78 is 0. The van der Waals surface area contributed by atoms with Crippen molar-refractivity contribution in [2.75, 3.05) is 0 Å². The van der Waals surface area contributed by atoms with Crippen LogP contribution < -0.4 is 11.3 Å². The summed E-state index contributed by atoms with van der Waals surface area (Å²) in [4.78, 5) is 14.0. The number of nitrogens with zero attached hydrogens (tertiary/aromatic N) is 1. The number of hydrazine groups is 1. The Kier molecular flexibility index (Phi) is 4.65. The molecule has 0 bridgehead atoms. The number of fused-ring (bicyclic) bond motifs is 1. The molecule has 0 spiro atoms. The molecule has 1 heterocycles. The van der Waals surface area contributed by atoms with E-state index in [1.807, 2.05) is 6.07 Å². The molecule has 0 saturated heterocycles. The normalized spacial score (nSPS) is 15.4. The summed E-state index contributed by atoms with van der Waals surface area (Å²) >= 11 is 1.54. The van der Waals surface area contributed by atoms with Crippen molar-refractivity contribution in [2.45, 2.75) is 39.7 Å². The molecular weight excluding hydrogens is 334 g/mol. The molecule has 2 aromatic rings. The number of carbonyl (C=O) groups is 1. The number of hydrogen-bond donors (Lipinski definition) is 3. The highest BCUT2D eigenvalue weighted by atomic mass is 32.1. The van der Waals surface area contributed by atoms with Gasteiger partial charge in [-0.1, -0.05) is 19.9 Å². The molecule has 0 atom stereocenters. The van der Waals surface area contributed by atoms with E-state index in [0.717, 1.165) is 45.7 Å². The minimum Gasteiger partial charge on any atom is -0.478 e. The van der Waals surface area contributed by atoms with Crippen LogP contribution in [0.3, 0.4) is 0 Å². The predicted molar refractivity (Wildman–Crippen MR) is 98.3 cm³/mol. The Morgan fingerprint density at radius 1 is 1.48 bits per heavy atom. The Labute approximate surface area is 151 Å². The Hall–Kier alpha value is -2.20. The lowest BCUT2D eigenvalue weighted by molar-refractivity contribution is 0.0696. The van der Waals surface area contributed by atoms with E-state index in [9.17, 15) is 15.2 Å². The van der Waals surface area contributed by atoms with Gasteiger partial charge in [0.2, 0.25) is 0 Å². The van der Waals surface area contributed by atoms with Crippen LogP contribution in [0.2, 0.25) is 0 Å². The van der Waals surface area contributed by atoms with Crippen LogP contribution in [0.1, 0.15) is 52.2 Å². The van der Waals surface area contributed by atoms with E-state index in [0.29, 0.717) is 17.7 Å². The first kappa shape index (κ1) is 17.6. The number of nitrogens with one attached hydrogen (secondary N) is 1. The molecule has 25 heavy (non-hydrogen) atoms. The summed E-state index contributed by atoms with van der Waals surface area (Å²) in [7, 11) is 0. The van der Waals surface area contributed by atoms with Crippen molar-refractivity contribution in [3.8, 4) is 16.5 Å². The third-order valence-corrected chi connectivity index (χ3v) is 6.09. The van der Waals surface area contributed by atoms with Crippen LogP contribution in [0.15, 0.2) is 18.2 Å². The van der Waals surface area contributed by atoms with E-state index in [-0.39, 0.29) is 5.41 Å². The van der Waals surface area contributed by atoms with E-state index < -0.39 is 5.97 Å². The molecular formula is C19H21N3O2S. The number of aryl methyl sites for hydroxylation is 1. The first-order valence-electron chi connectivity index (χ1n) is 8.21. The van der Waals surface area contributed by atoms with Gasteiger partial charge in [-0.25, -0.2) is 4.79 Å².